The first-order valence-corrected chi connectivity index (χ1v) is 7.59. The summed E-state index contributed by atoms with van der Waals surface area (Å²) in [6.07, 6.45) is 6.41. The molecule has 1 aromatic carbocycles. The summed E-state index contributed by atoms with van der Waals surface area (Å²) >= 11 is 0. The van der Waals surface area contributed by atoms with E-state index in [1.807, 2.05) is 12.1 Å². The highest BCUT2D eigenvalue weighted by molar-refractivity contribution is 5.92. The SMILES string of the molecule is C=CCN1CC(Nc2c(C#N)cccc2CCCC)=CC1=O. The molecule has 0 spiro atoms. The van der Waals surface area contributed by atoms with Gasteiger partial charge in [0.2, 0.25) is 5.91 Å². The maximum absolute atomic E-state index is 11.9. The maximum Gasteiger partial charge on any atom is 0.249 e. The number of carbonyl (C=O) groups is 1. The molecule has 22 heavy (non-hydrogen) atoms. The van der Waals surface area contributed by atoms with Gasteiger partial charge in [0.15, 0.2) is 0 Å². The monoisotopic (exact) mass is 295 g/mol. The third-order valence-corrected chi connectivity index (χ3v) is 3.68. The van der Waals surface area contributed by atoms with Crippen LogP contribution < -0.4 is 5.32 Å². The lowest BCUT2D eigenvalue weighted by Gasteiger charge is -2.17. The molecule has 1 heterocycles. The summed E-state index contributed by atoms with van der Waals surface area (Å²) in [5.74, 6) is -0.0213. The van der Waals surface area contributed by atoms with Crippen molar-refractivity contribution in [2.75, 3.05) is 18.4 Å². The van der Waals surface area contributed by atoms with Crippen molar-refractivity contribution in [3.63, 3.8) is 0 Å². The van der Waals surface area contributed by atoms with E-state index in [0.29, 0.717) is 18.7 Å². The van der Waals surface area contributed by atoms with Gasteiger partial charge >= 0.3 is 0 Å². The highest BCUT2D eigenvalue weighted by Gasteiger charge is 2.21. The predicted octanol–water partition coefficient (Wildman–Crippen LogP) is 3.22. The smallest absolute Gasteiger partial charge is 0.249 e. The second-order valence-electron chi connectivity index (χ2n) is 5.36. The zero-order valence-corrected chi connectivity index (χ0v) is 12.9. The minimum absolute atomic E-state index is 0.0213. The van der Waals surface area contributed by atoms with E-state index in [2.05, 4.69) is 24.9 Å². The van der Waals surface area contributed by atoms with Gasteiger partial charge in [0.1, 0.15) is 6.07 Å². The van der Waals surface area contributed by atoms with Crippen LogP contribution in [0.15, 0.2) is 42.6 Å². The molecule has 2 rings (SSSR count). The van der Waals surface area contributed by atoms with Crippen LogP contribution in [-0.4, -0.2) is 23.9 Å². The third kappa shape index (κ3) is 3.56. The maximum atomic E-state index is 11.9. The Morgan fingerprint density at radius 1 is 1.50 bits per heavy atom. The Labute approximate surface area is 131 Å². The number of benzene rings is 1. The first kappa shape index (κ1) is 15.8. The second kappa shape index (κ2) is 7.46. The van der Waals surface area contributed by atoms with Crippen LogP contribution >= 0.6 is 0 Å². The zero-order valence-electron chi connectivity index (χ0n) is 12.9. The number of nitriles is 1. The van der Waals surface area contributed by atoms with Crippen LogP contribution in [0.1, 0.15) is 30.9 Å². The Morgan fingerprint density at radius 2 is 2.32 bits per heavy atom. The van der Waals surface area contributed by atoms with Gasteiger partial charge in [-0.05, 0) is 24.5 Å². The Hall–Kier alpha value is -2.54. The van der Waals surface area contributed by atoms with Crippen molar-refractivity contribution in [1.29, 1.82) is 5.26 Å². The average molecular weight is 295 g/mol. The van der Waals surface area contributed by atoms with Gasteiger partial charge in [-0.25, -0.2) is 0 Å². The molecule has 1 N–H and O–H groups in total. The van der Waals surface area contributed by atoms with Gasteiger partial charge in [-0.15, -0.1) is 6.58 Å². The Kier molecular flexibility index (Phi) is 5.37. The molecule has 1 aliphatic rings. The number of nitrogens with zero attached hydrogens (tertiary/aromatic N) is 2. The van der Waals surface area contributed by atoms with Crippen LogP contribution in [0.3, 0.4) is 0 Å². The van der Waals surface area contributed by atoms with Crippen molar-refractivity contribution in [3.8, 4) is 6.07 Å². The largest absolute Gasteiger partial charge is 0.356 e. The van der Waals surface area contributed by atoms with Gasteiger partial charge in [0.25, 0.3) is 0 Å². The lowest BCUT2D eigenvalue weighted by atomic mass is 10.0. The van der Waals surface area contributed by atoms with E-state index in [-0.39, 0.29) is 5.91 Å². The van der Waals surface area contributed by atoms with Crippen molar-refractivity contribution in [1.82, 2.24) is 4.90 Å². The number of amides is 1. The van der Waals surface area contributed by atoms with Crippen molar-refractivity contribution in [3.05, 3.63) is 53.8 Å². The van der Waals surface area contributed by atoms with Crippen LogP contribution in [0.25, 0.3) is 0 Å². The molecule has 114 valence electrons. The number of hydrogen-bond acceptors (Lipinski definition) is 3. The van der Waals surface area contributed by atoms with Gasteiger partial charge in [-0.2, -0.15) is 5.26 Å². The van der Waals surface area contributed by atoms with Gasteiger partial charge < -0.3 is 10.2 Å². The van der Waals surface area contributed by atoms with Crippen LogP contribution in [-0.2, 0) is 11.2 Å². The van der Waals surface area contributed by atoms with E-state index in [9.17, 15) is 10.1 Å². The summed E-state index contributed by atoms with van der Waals surface area (Å²) in [5, 5.41) is 12.6. The minimum atomic E-state index is -0.0213. The van der Waals surface area contributed by atoms with E-state index < -0.39 is 0 Å². The van der Waals surface area contributed by atoms with Gasteiger partial charge in [-0.1, -0.05) is 31.6 Å². The molecule has 0 atom stereocenters. The standard InChI is InChI=1S/C18H21N3O/c1-3-5-7-14-8-6-9-15(12-19)18(14)20-16-11-17(22)21(13-16)10-4-2/h4,6,8-9,11,20H,2-3,5,7,10,13H2,1H3. The number of hydrogen-bond donors (Lipinski definition) is 1. The fourth-order valence-corrected chi connectivity index (χ4v) is 2.53. The molecule has 0 bridgehead atoms. The average Bonchev–Trinajstić information content (AvgIpc) is 2.86. The summed E-state index contributed by atoms with van der Waals surface area (Å²) < 4.78 is 0. The quantitative estimate of drug-likeness (QED) is 0.786. The molecule has 0 saturated carbocycles. The van der Waals surface area contributed by atoms with Gasteiger partial charge in [-0.3, -0.25) is 4.79 Å². The lowest BCUT2D eigenvalue weighted by molar-refractivity contribution is -0.124. The number of carbonyl (C=O) groups excluding carboxylic acids is 1. The molecular formula is C18H21N3O. The van der Waals surface area contributed by atoms with Crippen LogP contribution in [0.2, 0.25) is 0 Å². The number of nitrogens with one attached hydrogen (secondary N) is 1. The fourth-order valence-electron chi connectivity index (χ4n) is 2.53. The minimum Gasteiger partial charge on any atom is -0.356 e. The molecular weight excluding hydrogens is 274 g/mol. The summed E-state index contributed by atoms with van der Waals surface area (Å²) in [5.41, 5.74) is 3.39. The molecule has 0 aliphatic carbocycles. The molecule has 0 saturated heterocycles. The fraction of sp³-hybridized carbons (Fsp3) is 0.333. The summed E-state index contributed by atoms with van der Waals surface area (Å²) in [6, 6.07) is 7.98. The van der Waals surface area contributed by atoms with Gasteiger partial charge in [0.05, 0.1) is 17.8 Å². The summed E-state index contributed by atoms with van der Waals surface area (Å²) in [6.45, 7) is 6.86. The number of unbranched alkanes of at least 4 members (excludes halogenated alkanes) is 1. The molecule has 0 aromatic heterocycles. The molecule has 1 amide bonds. The topological polar surface area (TPSA) is 56.1 Å². The molecule has 4 nitrogen and oxygen atoms in total. The molecule has 0 unspecified atom stereocenters. The van der Waals surface area contributed by atoms with Crippen LogP contribution in [0.4, 0.5) is 5.69 Å². The number of para-hydroxylation sites is 1. The number of rotatable bonds is 7. The summed E-state index contributed by atoms with van der Waals surface area (Å²) in [4.78, 5) is 13.6. The van der Waals surface area contributed by atoms with E-state index in [4.69, 9.17) is 0 Å². The van der Waals surface area contributed by atoms with E-state index in [1.165, 1.54) is 0 Å². The third-order valence-electron chi connectivity index (χ3n) is 3.68. The van der Waals surface area contributed by atoms with Crippen molar-refractivity contribution >= 4 is 11.6 Å². The van der Waals surface area contributed by atoms with Gasteiger partial charge in [0, 0.05) is 18.3 Å². The van der Waals surface area contributed by atoms with Crippen LogP contribution in [0, 0.1) is 11.3 Å². The number of aryl methyl sites for hydroxylation is 1. The molecule has 4 heteroatoms. The first-order valence-electron chi connectivity index (χ1n) is 7.59. The van der Waals surface area contributed by atoms with E-state index in [0.717, 1.165) is 36.2 Å². The van der Waals surface area contributed by atoms with E-state index >= 15 is 0 Å². The highest BCUT2D eigenvalue weighted by atomic mass is 16.2. The van der Waals surface area contributed by atoms with Crippen LogP contribution in [0.5, 0.6) is 0 Å². The summed E-state index contributed by atoms with van der Waals surface area (Å²) in [7, 11) is 0. The predicted molar refractivity (Wildman–Crippen MR) is 88.3 cm³/mol. The Morgan fingerprint density at radius 3 is 3.00 bits per heavy atom. The Balaban J connectivity index is 2.22. The lowest BCUT2D eigenvalue weighted by Crippen LogP contribution is -2.26. The zero-order chi connectivity index (χ0) is 15.9. The molecule has 0 fully saturated rings. The normalized spacial score (nSPS) is 13.7. The number of anilines is 1. The van der Waals surface area contributed by atoms with Crippen molar-refractivity contribution in [2.24, 2.45) is 0 Å². The molecule has 1 aliphatic heterocycles. The van der Waals surface area contributed by atoms with Crippen molar-refractivity contribution in [2.45, 2.75) is 26.2 Å². The molecule has 1 aromatic rings. The first-order chi connectivity index (χ1) is 10.7. The van der Waals surface area contributed by atoms with E-state index in [1.54, 1.807) is 23.1 Å². The second-order valence-corrected chi connectivity index (χ2v) is 5.36. The highest BCUT2D eigenvalue weighted by Crippen LogP contribution is 2.25. The van der Waals surface area contributed by atoms with Crippen molar-refractivity contribution < 1.29 is 4.79 Å². The Bertz CT molecular complexity index is 640. The molecule has 0 radical (unpaired) electrons.